The lowest BCUT2D eigenvalue weighted by molar-refractivity contribution is -0.143. The Morgan fingerprint density at radius 3 is 2.43 bits per heavy atom. The smallest absolute Gasteiger partial charge is 0.413 e. The first-order chi connectivity index (χ1) is 32.7. The summed E-state index contributed by atoms with van der Waals surface area (Å²) in [5, 5.41) is 19.1. The molecule has 2 aromatic heterocycles. The number of aromatic nitrogens is 3. The number of amides is 3. The molecule has 17 nitrogen and oxygen atoms in total. The number of ether oxygens (including phenoxy) is 6. The quantitative estimate of drug-likeness (QED) is 0.122. The summed E-state index contributed by atoms with van der Waals surface area (Å²) in [6.07, 6.45) is 7.60. The van der Waals surface area contributed by atoms with Crippen LogP contribution in [0.1, 0.15) is 73.8 Å². The second-order valence-electron chi connectivity index (χ2n) is 17.8. The molecule has 0 bridgehead atoms. The standard InChI is InChI=1S/C50H52N8O9/c1-28-46(45-44(54-28)43(52-26-53-45)41-38(64-25-31-12-13-31)16-17-39-47(41)66-27-65-39)67-50(61)55-36(22-29-8-10-30(24-51)11-9-29)49(60)57-20-18-33(19-21-57)58-48(59)35-7-5-4-6-34(35)42(56-58)32-14-15-37(62-2)40(23-32)63-3/h8-11,14-17,23,26,31,33-36,54H,4-7,12-13,18-22,25,27H2,1-3H3,(H,55,61)/t34-,35+,36+/m0/s1. The number of hydrazone groups is 1. The third-order valence-electron chi connectivity index (χ3n) is 13.6. The molecule has 1 saturated heterocycles. The molecule has 2 N–H and O–H groups in total. The van der Waals surface area contributed by atoms with Crippen molar-refractivity contribution in [2.45, 2.75) is 76.8 Å². The number of nitrogens with one attached hydrogen (secondary N) is 2. The highest BCUT2D eigenvalue weighted by Crippen LogP contribution is 2.49. The number of methoxy groups -OCH3 is 2. The number of nitriles is 1. The van der Waals surface area contributed by atoms with Crippen molar-refractivity contribution in [3.8, 4) is 51.8 Å². The minimum absolute atomic E-state index is 0.00637. The number of piperidine rings is 1. The lowest BCUT2D eigenvalue weighted by atomic mass is 9.73. The van der Waals surface area contributed by atoms with Crippen LogP contribution in [0.5, 0.6) is 34.5 Å². The van der Waals surface area contributed by atoms with Crippen LogP contribution in [0.4, 0.5) is 4.79 Å². The number of fused-ring (bicyclic) bond motifs is 3. The van der Waals surface area contributed by atoms with Crippen LogP contribution in [0, 0.1) is 36.0 Å². The number of aromatic amines is 1. The molecule has 3 atom stereocenters. The molecule has 2 aliphatic carbocycles. The van der Waals surface area contributed by atoms with E-state index in [1.807, 2.05) is 30.3 Å². The summed E-state index contributed by atoms with van der Waals surface area (Å²) in [4.78, 5) is 57.0. The lowest BCUT2D eigenvalue weighted by Gasteiger charge is -2.43. The van der Waals surface area contributed by atoms with Crippen LogP contribution in [-0.2, 0) is 16.0 Å². The molecule has 0 unspecified atom stereocenters. The fourth-order valence-electron chi connectivity index (χ4n) is 9.86. The Bertz CT molecular complexity index is 2790. The zero-order valence-corrected chi connectivity index (χ0v) is 37.7. The zero-order valence-electron chi connectivity index (χ0n) is 37.7. The summed E-state index contributed by atoms with van der Waals surface area (Å²) in [6.45, 7) is 3.07. The number of carbonyl (C=O) groups excluding carboxylic acids is 3. The van der Waals surface area contributed by atoms with Gasteiger partial charge in [0, 0.05) is 36.9 Å². The van der Waals surface area contributed by atoms with Crippen molar-refractivity contribution in [2.75, 3.05) is 40.7 Å². The van der Waals surface area contributed by atoms with E-state index < -0.39 is 12.1 Å². The zero-order chi connectivity index (χ0) is 46.2. The van der Waals surface area contributed by atoms with E-state index in [4.69, 9.17) is 33.5 Å². The van der Waals surface area contributed by atoms with Gasteiger partial charge in [-0.2, -0.15) is 10.4 Å². The lowest BCUT2D eigenvalue weighted by Crippen LogP contribution is -2.56. The normalized spacial score (nSPS) is 19.6. The van der Waals surface area contributed by atoms with Gasteiger partial charge >= 0.3 is 6.09 Å². The van der Waals surface area contributed by atoms with Gasteiger partial charge in [-0.3, -0.25) is 9.59 Å². The molecule has 0 radical (unpaired) electrons. The largest absolute Gasteiger partial charge is 0.493 e. The van der Waals surface area contributed by atoms with Crippen molar-refractivity contribution < 1.29 is 42.8 Å². The van der Waals surface area contributed by atoms with Gasteiger partial charge in [-0.05, 0) is 99.4 Å². The van der Waals surface area contributed by atoms with Gasteiger partial charge in [0.15, 0.2) is 28.7 Å². The van der Waals surface area contributed by atoms with Gasteiger partial charge < -0.3 is 43.6 Å². The Morgan fingerprint density at radius 1 is 0.925 bits per heavy atom. The molecule has 67 heavy (non-hydrogen) atoms. The first-order valence-corrected chi connectivity index (χ1v) is 23.0. The third kappa shape index (κ3) is 8.63. The van der Waals surface area contributed by atoms with E-state index in [2.05, 4.69) is 26.3 Å². The van der Waals surface area contributed by atoms with Gasteiger partial charge in [-0.1, -0.05) is 25.0 Å². The van der Waals surface area contributed by atoms with Crippen LogP contribution in [-0.4, -0.2) is 101 Å². The van der Waals surface area contributed by atoms with Crippen LogP contribution < -0.4 is 33.7 Å². The molecule has 3 aliphatic heterocycles. The summed E-state index contributed by atoms with van der Waals surface area (Å²) < 4.78 is 35.0. The second kappa shape index (κ2) is 18.5. The van der Waals surface area contributed by atoms with Gasteiger partial charge in [0.25, 0.3) is 0 Å². The first kappa shape index (κ1) is 43.5. The number of H-pyrrole nitrogens is 1. The molecule has 17 heteroatoms. The van der Waals surface area contributed by atoms with Crippen LogP contribution in [0.2, 0.25) is 0 Å². The Balaban J connectivity index is 0.881. The number of likely N-dealkylation sites (tertiary alicyclic amines) is 1. The van der Waals surface area contributed by atoms with Crippen molar-refractivity contribution in [3.05, 3.63) is 83.3 Å². The van der Waals surface area contributed by atoms with E-state index in [-0.39, 0.29) is 48.7 Å². The summed E-state index contributed by atoms with van der Waals surface area (Å²) in [6, 6.07) is 17.2. The summed E-state index contributed by atoms with van der Waals surface area (Å²) in [7, 11) is 3.20. The van der Waals surface area contributed by atoms with Crippen LogP contribution >= 0.6 is 0 Å². The molecule has 5 aliphatic rings. The maximum absolute atomic E-state index is 14.6. The average Bonchev–Trinajstić information content (AvgIpc) is 3.98. The van der Waals surface area contributed by atoms with Gasteiger partial charge in [0.05, 0.1) is 61.0 Å². The van der Waals surface area contributed by atoms with Crippen LogP contribution in [0.3, 0.4) is 0 Å². The van der Waals surface area contributed by atoms with Gasteiger partial charge in [-0.25, -0.2) is 19.8 Å². The molecule has 5 aromatic rings. The SMILES string of the molecule is COc1ccc(C2=NN(C3CCN(C(=O)[C@@H](Cc4ccc(C#N)cc4)NC(=O)Oc4c(C)[nH]c5c(-c6c(OCC7CC7)ccc7c6OCO7)ncnc45)CC3)C(=O)[C@@H]3CCCC[C@H]23)cc1OC. The number of nitrogens with zero attached hydrogens (tertiary/aromatic N) is 6. The Labute approximate surface area is 387 Å². The molecular formula is C50H52N8O9. The first-order valence-electron chi connectivity index (χ1n) is 23.0. The summed E-state index contributed by atoms with van der Waals surface area (Å²) in [5.41, 5.74) is 5.44. The molecule has 3 fully saturated rings. The van der Waals surface area contributed by atoms with Crippen molar-refractivity contribution in [2.24, 2.45) is 22.9 Å². The molecule has 5 heterocycles. The predicted octanol–water partition coefficient (Wildman–Crippen LogP) is 7.08. The number of hydrogen-bond donors (Lipinski definition) is 2. The molecule has 3 aromatic carbocycles. The van der Waals surface area contributed by atoms with E-state index in [1.165, 1.54) is 6.33 Å². The maximum atomic E-state index is 14.6. The molecule has 2 saturated carbocycles. The van der Waals surface area contributed by atoms with Crippen molar-refractivity contribution in [1.29, 1.82) is 5.26 Å². The number of aryl methyl sites for hydroxylation is 1. The molecule has 10 rings (SSSR count). The van der Waals surface area contributed by atoms with Gasteiger partial charge in [0.2, 0.25) is 18.6 Å². The Hall–Kier alpha value is -7.35. The third-order valence-corrected chi connectivity index (χ3v) is 13.6. The van der Waals surface area contributed by atoms with E-state index in [1.54, 1.807) is 55.3 Å². The van der Waals surface area contributed by atoms with Crippen molar-refractivity contribution in [1.82, 2.24) is 30.2 Å². The van der Waals surface area contributed by atoms with Crippen LogP contribution in [0.15, 0.2) is 66.0 Å². The highest BCUT2D eigenvalue weighted by atomic mass is 16.7. The minimum Gasteiger partial charge on any atom is -0.493 e. The van der Waals surface area contributed by atoms with Crippen LogP contribution in [0.25, 0.3) is 22.3 Å². The van der Waals surface area contributed by atoms with Gasteiger partial charge in [-0.15, -0.1) is 0 Å². The summed E-state index contributed by atoms with van der Waals surface area (Å²) >= 11 is 0. The second-order valence-corrected chi connectivity index (χ2v) is 17.8. The van der Waals surface area contributed by atoms with Crippen molar-refractivity contribution in [3.63, 3.8) is 0 Å². The van der Waals surface area contributed by atoms with Gasteiger partial charge in [0.1, 0.15) is 29.3 Å². The van der Waals surface area contributed by atoms with E-state index >= 15 is 0 Å². The van der Waals surface area contributed by atoms with Crippen molar-refractivity contribution >= 4 is 34.7 Å². The molecule has 3 amide bonds. The number of hydrogen-bond acceptors (Lipinski definition) is 13. The monoisotopic (exact) mass is 908 g/mol. The predicted molar refractivity (Wildman–Crippen MR) is 244 cm³/mol. The topological polar surface area (TPSA) is 203 Å². The van der Waals surface area contributed by atoms with E-state index in [9.17, 15) is 19.6 Å². The highest BCUT2D eigenvalue weighted by molar-refractivity contribution is 6.07. The van der Waals surface area contributed by atoms with E-state index in [0.717, 1.165) is 55.4 Å². The highest BCUT2D eigenvalue weighted by Gasteiger charge is 2.44. The number of rotatable bonds is 13. The molecular weight excluding hydrogens is 857 g/mol. The minimum atomic E-state index is -1.03. The fourth-order valence-corrected chi connectivity index (χ4v) is 9.86. The maximum Gasteiger partial charge on any atom is 0.413 e. The Kier molecular flexibility index (Phi) is 12.0. The molecule has 346 valence electrons. The number of benzene rings is 3. The number of carbonyl (C=O) groups is 3. The Morgan fingerprint density at radius 2 is 1.69 bits per heavy atom. The van der Waals surface area contributed by atoms with E-state index in [0.29, 0.717) is 101 Å². The summed E-state index contributed by atoms with van der Waals surface area (Å²) in [5.74, 6) is 3.10. The average molecular weight is 909 g/mol. The fraction of sp³-hybridized carbons (Fsp3) is 0.420. The molecule has 0 spiro atoms.